The van der Waals surface area contributed by atoms with Gasteiger partial charge in [0.2, 0.25) is 0 Å². The van der Waals surface area contributed by atoms with E-state index in [1.54, 1.807) is 0 Å². The summed E-state index contributed by atoms with van der Waals surface area (Å²) in [6.07, 6.45) is 0. The van der Waals surface area contributed by atoms with Crippen molar-refractivity contribution in [3.63, 3.8) is 0 Å². The average Bonchev–Trinajstić information content (AvgIpc) is 1.78. The van der Waals surface area contributed by atoms with Crippen molar-refractivity contribution in [2.75, 3.05) is 34.3 Å². The van der Waals surface area contributed by atoms with Crippen molar-refractivity contribution in [3.8, 4) is 0 Å². The standard InChI is InChI=1S/C7H14FNO4S/c1-9(2,3)4-5-13-7(8)6-14(10,11)12/h6H,4-5H2,1-3H3/p+1. The Hall–Kier alpha value is -0.660. The lowest BCUT2D eigenvalue weighted by Gasteiger charge is -2.23. The summed E-state index contributed by atoms with van der Waals surface area (Å²) in [4.78, 5) is 0. The first kappa shape index (κ1) is 13.3. The number of hydrogen-bond donors (Lipinski definition) is 1. The predicted octanol–water partition coefficient (Wildman–Crippen LogP) is 0.365. The molecule has 0 aliphatic heterocycles. The van der Waals surface area contributed by atoms with Crippen LogP contribution < -0.4 is 0 Å². The third-order valence-corrected chi connectivity index (χ3v) is 1.73. The molecule has 14 heavy (non-hydrogen) atoms. The van der Waals surface area contributed by atoms with E-state index in [1.807, 2.05) is 21.1 Å². The molecule has 84 valence electrons. The van der Waals surface area contributed by atoms with E-state index >= 15 is 0 Å². The summed E-state index contributed by atoms with van der Waals surface area (Å²) in [5.41, 5.74) is 0. The van der Waals surface area contributed by atoms with Crippen LogP contribution in [0.3, 0.4) is 0 Å². The fourth-order valence-electron chi connectivity index (χ4n) is 0.568. The Balaban J connectivity index is 3.99. The molecule has 0 aliphatic carbocycles. The molecule has 1 N–H and O–H groups in total. The quantitative estimate of drug-likeness (QED) is 0.419. The summed E-state index contributed by atoms with van der Waals surface area (Å²) in [6, 6.07) is -1.30. The molecule has 0 saturated carbocycles. The molecular weight excluding hydrogens is 213 g/mol. The van der Waals surface area contributed by atoms with E-state index in [4.69, 9.17) is 4.55 Å². The Morgan fingerprint density at radius 2 is 2.00 bits per heavy atom. The number of halogens is 1. The van der Waals surface area contributed by atoms with E-state index in [1.165, 1.54) is 0 Å². The van der Waals surface area contributed by atoms with Crippen molar-refractivity contribution in [1.82, 2.24) is 0 Å². The number of nitrogens with zero attached hydrogens (tertiary/aromatic N) is 1. The smallest absolute Gasteiger partial charge is 0.293 e. The third kappa shape index (κ3) is 9.43. The highest BCUT2D eigenvalue weighted by atomic mass is 32.2. The molecule has 0 amide bonds. The van der Waals surface area contributed by atoms with Crippen LogP contribution in [0.25, 0.3) is 0 Å². The number of likely N-dealkylation sites (N-methyl/N-ethyl adjacent to an activating group) is 1. The van der Waals surface area contributed by atoms with E-state index in [0.29, 0.717) is 11.0 Å². The Morgan fingerprint density at radius 3 is 2.36 bits per heavy atom. The second-order valence-electron chi connectivity index (χ2n) is 3.80. The van der Waals surface area contributed by atoms with Gasteiger partial charge in [-0.15, -0.1) is 0 Å². The van der Waals surface area contributed by atoms with Gasteiger partial charge in [-0.25, -0.2) is 0 Å². The van der Waals surface area contributed by atoms with Gasteiger partial charge in [0.05, 0.1) is 21.1 Å². The Labute approximate surface area is 83.1 Å². The molecule has 0 fully saturated rings. The summed E-state index contributed by atoms with van der Waals surface area (Å²) in [5.74, 6) is 0. The number of ether oxygens (including phenoxy) is 1. The summed E-state index contributed by atoms with van der Waals surface area (Å²) >= 11 is 0. The third-order valence-electron chi connectivity index (χ3n) is 1.24. The van der Waals surface area contributed by atoms with Crippen molar-refractivity contribution >= 4 is 10.1 Å². The molecular formula is C7H15FNO4S+. The van der Waals surface area contributed by atoms with E-state index in [9.17, 15) is 12.8 Å². The fourth-order valence-corrected chi connectivity index (χ4v) is 0.870. The molecule has 0 saturated heterocycles. The highest BCUT2D eigenvalue weighted by Crippen LogP contribution is 2.02. The maximum Gasteiger partial charge on any atom is 0.293 e. The summed E-state index contributed by atoms with van der Waals surface area (Å²) in [5, 5.41) is 0.0304. The molecule has 0 rings (SSSR count). The predicted molar refractivity (Wildman–Crippen MR) is 49.6 cm³/mol. The number of quaternary nitrogens is 1. The molecule has 0 radical (unpaired) electrons. The van der Waals surface area contributed by atoms with Crippen LogP contribution in [0.1, 0.15) is 0 Å². The first-order chi connectivity index (χ1) is 6.10. The monoisotopic (exact) mass is 228 g/mol. The molecule has 0 unspecified atom stereocenters. The van der Waals surface area contributed by atoms with Gasteiger partial charge in [0.1, 0.15) is 18.6 Å². The highest BCUT2D eigenvalue weighted by Gasteiger charge is 2.09. The van der Waals surface area contributed by atoms with Crippen LogP contribution in [0, 0.1) is 0 Å². The summed E-state index contributed by atoms with van der Waals surface area (Å²) < 4.78 is 46.1. The van der Waals surface area contributed by atoms with E-state index < -0.39 is 16.1 Å². The van der Waals surface area contributed by atoms with Crippen molar-refractivity contribution < 1.29 is 26.6 Å². The zero-order chi connectivity index (χ0) is 11.4. The number of hydrogen-bond acceptors (Lipinski definition) is 3. The lowest BCUT2D eigenvalue weighted by atomic mass is 10.5. The molecule has 0 spiro atoms. The van der Waals surface area contributed by atoms with E-state index in [0.717, 1.165) is 0 Å². The van der Waals surface area contributed by atoms with Crippen LogP contribution in [-0.4, -0.2) is 51.7 Å². The molecule has 5 nitrogen and oxygen atoms in total. The minimum Gasteiger partial charge on any atom is -0.464 e. The van der Waals surface area contributed by atoms with Gasteiger partial charge >= 0.3 is 0 Å². The van der Waals surface area contributed by atoms with Gasteiger partial charge in [0.15, 0.2) is 0 Å². The van der Waals surface area contributed by atoms with Gasteiger partial charge in [0, 0.05) is 0 Å². The van der Waals surface area contributed by atoms with Crippen LogP contribution in [-0.2, 0) is 14.9 Å². The van der Waals surface area contributed by atoms with Gasteiger partial charge in [-0.2, -0.15) is 12.8 Å². The average molecular weight is 228 g/mol. The van der Waals surface area contributed by atoms with Crippen molar-refractivity contribution in [2.45, 2.75) is 0 Å². The fraction of sp³-hybridized carbons (Fsp3) is 0.714. The van der Waals surface area contributed by atoms with Crippen molar-refractivity contribution in [1.29, 1.82) is 0 Å². The maximum absolute atomic E-state index is 12.6. The molecule has 0 aliphatic rings. The van der Waals surface area contributed by atoms with E-state index in [2.05, 4.69) is 4.74 Å². The minimum atomic E-state index is -4.46. The van der Waals surface area contributed by atoms with Crippen molar-refractivity contribution in [2.24, 2.45) is 0 Å². The largest absolute Gasteiger partial charge is 0.464 e. The van der Waals surface area contributed by atoms with E-state index in [-0.39, 0.29) is 12.0 Å². The topological polar surface area (TPSA) is 63.6 Å². The number of rotatable bonds is 5. The maximum atomic E-state index is 12.6. The first-order valence-corrected chi connectivity index (χ1v) is 5.38. The minimum absolute atomic E-state index is 0.0304. The molecule has 7 heteroatoms. The van der Waals surface area contributed by atoms with Crippen LogP contribution in [0.5, 0.6) is 0 Å². The van der Waals surface area contributed by atoms with Crippen molar-refractivity contribution in [3.05, 3.63) is 11.4 Å². The van der Waals surface area contributed by atoms with Crippen LogP contribution >= 0.6 is 0 Å². The second kappa shape index (κ2) is 4.72. The zero-order valence-electron chi connectivity index (χ0n) is 8.40. The Kier molecular flexibility index (Phi) is 4.50. The van der Waals surface area contributed by atoms with Gasteiger partial charge in [-0.05, 0) is 0 Å². The molecule has 0 aromatic rings. The van der Waals surface area contributed by atoms with Crippen LogP contribution in [0.15, 0.2) is 11.4 Å². The lowest BCUT2D eigenvalue weighted by Crippen LogP contribution is -2.37. The molecule has 0 aromatic heterocycles. The Morgan fingerprint density at radius 1 is 1.50 bits per heavy atom. The normalized spacial score (nSPS) is 14.2. The zero-order valence-corrected chi connectivity index (χ0v) is 9.21. The van der Waals surface area contributed by atoms with Gasteiger partial charge in [0.25, 0.3) is 16.1 Å². The van der Waals surface area contributed by atoms with Crippen LogP contribution in [0.4, 0.5) is 4.39 Å². The summed E-state index contributed by atoms with van der Waals surface area (Å²) in [6.45, 7) is 0.564. The first-order valence-electron chi connectivity index (χ1n) is 3.88. The highest BCUT2D eigenvalue weighted by molar-refractivity contribution is 7.88. The lowest BCUT2D eigenvalue weighted by molar-refractivity contribution is -0.870. The van der Waals surface area contributed by atoms with Gasteiger partial charge < -0.3 is 9.22 Å². The van der Waals surface area contributed by atoms with Gasteiger partial charge in [-0.3, -0.25) is 4.55 Å². The molecule has 0 atom stereocenters. The van der Waals surface area contributed by atoms with Crippen LogP contribution in [0.2, 0.25) is 0 Å². The Bertz CT molecular complexity index is 304. The summed E-state index contributed by atoms with van der Waals surface area (Å²) in [7, 11) is 1.19. The second-order valence-corrected chi connectivity index (χ2v) is 5.06. The molecule has 0 aromatic carbocycles. The van der Waals surface area contributed by atoms with Gasteiger partial charge in [-0.1, -0.05) is 0 Å². The molecule has 0 heterocycles. The SMILES string of the molecule is C[N+](C)(C)CCOC(F)=CS(=O)(=O)O. The molecule has 0 bridgehead atoms.